The Hall–Kier alpha value is -3.02. The van der Waals surface area contributed by atoms with Crippen molar-refractivity contribution in [3.63, 3.8) is 0 Å². The third-order valence-electron chi connectivity index (χ3n) is 5.71. The lowest BCUT2D eigenvalue weighted by Crippen LogP contribution is -2.43. The number of amides is 1. The lowest BCUT2D eigenvalue weighted by molar-refractivity contribution is -0.125. The van der Waals surface area contributed by atoms with E-state index in [2.05, 4.69) is 56.4 Å². The second-order valence-electron chi connectivity index (χ2n) is 7.70. The smallest absolute Gasteiger partial charge is 0.225 e. The fourth-order valence-corrected chi connectivity index (χ4v) is 3.90. The molecule has 0 saturated carbocycles. The van der Waals surface area contributed by atoms with Gasteiger partial charge in [0.05, 0.1) is 23.8 Å². The Morgan fingerprint density at radius 2 is 2.00 bits per heavy atom. The Bertz CT molecular complexity index is 988. The summed E-state index contributed by atoms with van der Waals surface area (Å²) in [6.07, 6.45) is 8.06. The van der Waals surface area contributed by atoms with Gasteiger partial charge in [0.2, 0.25) is 5.91 Å². The predicted octanol–water partition coefficient (Wildman–Crippen LogP) is 3.68. The van der Waals surface area contributed by atoms with Gasteiger partial charge in [0.1, 0.15) is 5.52 Å². The molecule has 1 N–H and O–H groups in total. The maximum atomic E-state index is 12.9. The zero-order valence-electron chi connectivity index (χ0n) is 17.0. The highest BCUT2D eigenvalue weighted by Gasteiger charge is 2.27. The molecular weight excluding hydrogens is 362 g/mol. The van der Waals surface area contributed by atoms with Crippen molar-refractivity contribution >= 4 is 22.8 Å². The molecule has 3 aromatic rings. The van der Waals surface area contributed by atoms with Gasteiger partial charge >= 0.3 is 0 Å². The maximum absolute atomic E-state index is 12.9. The van der Waals surface area contributed by atoms with Gasteiger partial charge in [-0.1, -0.05) is 31.2 Å². The number of carbonyl (C=O) groups excluding carboxylic acids is 1. The molecule has 150 valence electrons. The van der Waals surface area contributed by atoms with Crippen molar-refractivity contribution in [1.82, 2.24) is 20.3 Å². The minimum atomic E-state index is -0.0290. The Kier molecular flexibility index (Phi) is 5.69. The molecule has 1 aliphatic heterocycles. The molecule has 4 rings (SSSR count). The number of carbonyl (C=O) groups is 1. The number of hydrogen-bond donors (Lipinski definition) is 1. The van der Waals surface area contributed by atoms with Crippen molar-refractivity contribution in [1.29, 1.82) is 0 Å². The van der Waals surface area contributed by atoms with Crippen molar-refractivity contribution in [2.45, 2.75) is 39.2 Å². The number of hydrogen-bond acceptors (Lipinski definition) is 5. The fraction of sp³-hybridized carbons (Fsp3) is 0.391. The van der Waals surface area contributed by atoms with E-state index in [9.17, 15) is 4.79 Å². The van der Waals surface area contributed by atoms with Crippen LogP contribution in [0.1, 0.15) is 43.9 Å². The topological polar surface area (TPSA) is 71.0 Å². The number of aryl methyl sites for hydroxylation is 1. The molecule has 0 spiro atoms. The molecule has 6 nitrogen and oxygen atoms in total. The molecule has 0 radical (unpaired) electrons. The van der Waals surface area contributed by atoms with Gasteiger partial charge < -0.3 is 10.2 Å². The van der Waals surface area contributed by atoms with Crippen LogP contribution in [-0.2, 0) is 11.2 Å². The molecule has 1 amide bonds. The van der Waals surface area contributed by atoms with Gasteiger partial charge in [-0.15, -0.1) is 0 Å². The van der Waals surface area contributed by atoms with Gasteiger partial charge in [-0.25, -0.2) is 9.97 Å². The number of aromatic nitrogens is 3. The Morgan fingerprint density at radius 1 is 1.21 bits per heavy atom. The highest BCUT2D eigenvalue weighted by molar-refractivity contribution is 5.80. The molecule has 3 heterocycles. The molecule has 0 bridgehead atoms. The van der Waals surface area contributed by atoms with Crippen LogP contribution >= 0.6 is 0 Å². The Morgan fingerprint density at radius 3 is 2.79 bits per heavy atom. The van der Waals surface area contributed by atoms with Crippen molar-refractivity contribution in [3.05, 3.63) is 60.0 Å². The second kappa shape index (κ2) is 8.55. The quantitative estimate of drug-likeness (QED) is 0.721. The largest absolute Gasteiger partial charge is 0.369 e. The summed E-state index contributed by atoms with van der Waals surface area (Å²) in [5.41, 5.74) is 4.87. The van der Waals surface area contributed by atoms with Crippen LogP contribution < -0.4 is 10.2 Å². The van der Waals surface area contributed by atoms with Crippen molar-refractivity contribution in [2.75, 3.05) is 18.0 Å². The van der Waals surface area contributed by atoms with E-state index >= 15 is 0 Å². The van der Waals surface area contributed by atoms with E-state index in [1.54, 1.807) is 12.4 Å². The number of piperidine rings is 1. The van der Waals surface area contributed by atoms with E-state index in [0.29, 0.717) is 12.2 Å². The van der Waals surface area contributed by atoms with Crippen molar-refractivity contribution < 1.29 is 4.79 Å². The van der Waals surface area contributed by atoms with E-state index < -0.39 is 0 Å². The van der Waals surface area contributed by atoms with Crippen LogP contribution in [-0.4, -0.2) is 33.9 Å². The molecule has 1 saturated heterocycles. The minimum absolute atomic E-state index is 0.00129. The zero-order valence-corrected chi connectivity index (χ0v) is 17.0. The van der Waals surface area contributed by atoms with Gasteiger partial charge in [0.15, 0.2) is 5.65 Å². The lowest BCUT2D eigenvalue weighted by Gasteiger charge is -2.34. The number of benzene rings is 1. The molecule has 29 heavy (non-hydrogen) atoms. The molecule has 2 aromatic heterocycles. The fourth-order valence-electron chi connectivity index (χ4n) is 3.90. The van der Waals surface area contributed by atoms with Gasteiger partial charge in [-0.3, -0.25) is 9.78 Å². The monoisotopic (exact) mass is 389 g/mol. The molecule has 1 fully saturated rings. The summed E-state index contributed by atoms with van der Waals surface area (Å²) >= 11 is 0. The highest BCUT2D eigenvalue weighted by Crippen LogP contribution is 2.25. The van der Waals surface area contributed by atoms with E-state index in [1.807, 2.05) is 19.2 Å². The number of nitrogens with one attached hydrogen (secondary N) is 1. The summed E-state index contributed by atoms with van der Waals surface area (Å²) in [6, 6.07) is 10.5. The standard InChI is InChI=1S/C23H27N5O/c1-3-17-6-8-18(9-7-17)16(2)27-23(29)19-5-4-12-28(15-19)20-13-21-22(26-14-20)25-11-10-24-21/h6-11,13-14,16,19H,3-5,12,15H2,1-2H3,(H,27,29). The molecule has 1 aromatic carbocycles. The lowest BCUT2D eigenvalue weighted by atomic mass is 9.96. The zero-order chi connectivity index (χ0) is 20.2. The molecular formula is C23H27N5O. The van der Waals surface area contributed by atoms with Gasteiger partial charge in [-0.2, -0.15) is 0 Å². The first-order valence-electron chi connectivity index (χ1n) is 10.3. The van der Waals surface area contributed by atoms with Crippen LogP contribution in [0.3, 0.4) is 0 Å². The average molecular weight is 390 g/mol. The molecule has 6 heteroatoms. The normalized spacial score (nSPS) is 17.9. The molecule has 2 atom stereocenters. The van der Waals surface area contributed by atoms with Crippen LogP contribution in [0.25, 0.3) is 11.2 Å². The first-order chi connectivity index (χ1) is 14.1. The summed E-state index contributed by atoms with van der Waals surface area (Å²) in [5.74, 6) is 0.0916. The SMILES string of the molecule is CCc1ccc(C(C)NC(=O)C2CCCN(c3cnc4nccnc4c3)C2)cc1. The summed E-state index contributed by atoms with van der Waals surface area (Å²) in [5, 5.41) is 3.20. The van der Waals surface area contributed by atoms with Gasteiger partial charge in [-0.05, 0) is 43.4 Å². The van der Waals surface area contributed by atoms with E-state index in [4.69, 9.17) is 0 Å². The second-order valence-corrected chi connectivity index (χ2v) is 7.70. The number of nitrogens with zero attached hydrogens (tertiary/aromatic N) is 4. The Balaban J connectivity index is 1.42. The summed E-state index contributed by atoms with van der Waals surface area (Å²) in [7, 11) is 0. The van der Waals surface area contributed by atoms with Crippen LogP contribution in [0.2, 0.25) is 0 Å². The maximum Gasteiger partial charge on any atom is 0.225 e. The Labute approximate surface area is 171 Å². The number of rotatable bonds is 5. The molecule has 1 aliphatic rings. The predicted molar refractivity (Wildman–Crippen MR) is 115 cm³/mol. The number of fused-ring (bicyclic) bond motifs is 1. The third kappa shape index (κ3) is 4.36. The van der Waals surface area contributed by atoms with E-state index in [-0.39, 0.29) is 17.9 Å². The summed E-state index contributed by atoms with van der Waals surface area (Å²) in [6.45, 7) is 5.81. The van der Waals surface area contributed by atoms with Crippen molar-refractivity contribution in [2.24, 2.45) is 5.92 Å². The summed E-state index contributed by atoms with van der Waals surface area (Å²) < 4.78 is 0. The number of anilines is 1. The van der Waals surface area contributed by atoms with Crippen LogP contribution in [0, 0.1) is 5.92 Å². The molecule has 0 aliphatic carbocycles. The average Bonchev–Trinajstić information content (AvgIpc) is 2.78. The van der Waals surface area contributed by atoms with Gasteiger partial charge in [0.25, 0.3) is 0 Å². The first-order valence-corrected chi connectivity index (χ1v) is 10.3. The van der Waals surface area contributed by atoms with Gasteiger partial charge in [0, 0.05) is 25.5 Å². The number of pyridine rings is 1. The van der Waals surface area contributed by atoms with Crippen molar-refractivity contribution in [3.8, 4) is 0 Å². The highest BCUT2D eigenvalue weighted by atomic mass is 16.2. The third-order valence-corrected chi connectivity index (χ3v) is 5.71. The van der Waals surface area contributed by atoms with E-state index in [1.165, 1.54) is 5.56 Å². The van der Waals surface area contributed by atoms with Crippen LogP contribution in [0.5, 0.6) is 0 Å². The van der Waals surface area contributed by atoms with E-state index in [0.717, 1.165) is 42.6 Å². The first kappa shape index (κ1) is 19.3. The van der Waals surface area contributed by atoms with Crippen LogP contribution in [0.4, 0.5) is 5.69 Å². The minimum Gasteiger partial charge on any atom is -0.369 e. The van der Waals surface area contributed by atoms with Crippen LogP contribution in [0.15, 0.2) is 48.9 Å². The molecule has 2 unspecified atom stereocenters. The summed E-state index contributed by atoms with van der Waals surface area (Å²) in [4.78, 5) is 28.1.